The number of hydrogen-bond acceptors (Lipinski definition) is 4. The van der Waals surface area contributed by atoms with E-state index in [1.54, 1.807) is 0 Å². The summed E-state index contributed by atoms with van der Waals surface area (Å²) < 4.78 is 36.8. The first-order chi connectivity index (χ1) is 8.59. The minimum absolute atomic E-state index is 0.145. The number of rotatable bonds is 4. The Hall–Kier alpha value is -2.44. The summed E-state index contributed by atoms with van der Waals surface area (Å²) in [6.45, 7) is -0.145. The van der Waals surface area contributed by atoms with Crippen LogP contribution in [0.4, 0.5) is 8.78 Å². The number of amides is 1. The van der Waals surface area contributed by atoms with E-state index in [4.69, 9.17) is 14.9 Å². The van der Waals surface area contributed by atoms with E-state index in [1.807, 2.05) is 0 Å². The lowest BCUT2D eigenvalue weighted by Gasteiger charge is -2.07. The van der Waals surface area contributed by atoms with E-state index in [9.17, 15) is 13.6 Å². The summed E-state index contributed by atoms with van der Waals surface area (Å²) in [5, 5.41) is 0. The van der Waals surface area contributed by atoms with E-state index in [0.29, 0.717) is 0 Å². The minimum Gasteiger partial charge on any atom is -0.481 e. The molecule has 18 heavy (non-hydrogen) atoms. The highest BCUT2D eigenvalue weighted by molar-refractivity contribution is 5.93. The second-order valence-corrected chi connectivity index (χ2v) is 3.31. The van der Waals surface area contributed by atoms with Gasteiger partial charge in [0.25, 0.3) is 5.91 Å². The van der Waals surface area contributed by atoms with Crippen LogP contribution in [-0.2, 0) is 6.61 Å². The van der Waals surface area contributed by atoms with Gasteiger partial charge >= 0.3 is 0 Å². The average molecular weight is 254 g/mol. The second kappa shape index (κ2) is 4.82. The van der Waals surface area contributed by atoms with Crippen molar-refractivity contribution < 1.29 is 22.7 Å². The third-order valence-corrected chi connectivity index (χ3v) is 2.14. The van der Waals surface area contributed by atoms with E-state index < -0.39 is 23.1 Å². The van der Waals surface area contributed by atoms with E-state index in [2.05, 4.69) is 4.98 Å². The Morgan fingerprint density at radius 1 is 1.44 bits per heavy atom. The van der Waals surface area contributed by atoms with E-state index >= 15 is 0 Å². The fourth-order valence-electron chi connectivity index (χ4n) is 1.33. The predicted molar refractivity (Wildman–Crippen MR) is 55.7 cm³/mol. The minimum atomic E-state index is -1.20. The zero-order valence-corrected chi connectivity index (χ0v) is 9.02. The number of carbonyl (C=O) groups is 1. The summed E-state index contributed by atoms with van der Waals surface area (Å²) in [5.74, 6) is -3.47. The van der Waals surface area contributed by atoms with Gasteiger partial charge in [-0.15, -0.1) is 0 Å². The highest BCUT2D eigenvalue weighted by Gasteiger charge is 2.19. The molecule has 2 rings (SSSR count). The van der Waals surface area contributed by atoms with Crippen molar-refractivity contribution in [2.45, 2.75) is 6.61 Å². The normalized spacial score (nSPS) is 10.3. The maximum Gasteiger partial charge on any atom is 0.254 e. The molecule has 0 radical (unpaired) electrons. The van der Waals surface area contributed by atoms with Crippen LogP contribution in [0.1, 0.15) is 16.2 Å². The Kier molecular flexibility index (Phi) is 3.22. The number of primary amides is 1. The summed E-state index contributed by atoms with van der Waals surface area (Å²) in [5.41, 5.74) is 4.04. The van der Waals surface area contributed by atoms with Crippen LogP contribution in [-0.4, -0.2) is 10.9 Å². The van der Waals surface area contributed by atoms with Crippen LogP contribution in [0.5, 0.6) is 5.75 Å². The summed E-state index contributed by atoms with van der Waals surface area (Å²) in [6.07, 6.45) is 2.73. The van der Waals surface area contributed by atoms with Crippen LogP contribution in [0.15, 0.2) is 29.0 Å². The number of hydrogen-bond donors (Lipinski definition) is 1. The van der Waals surface area contributed by atoms with Crippen molar-refractivity contribution in [3.8, 4) is 5.75 Å². The zero-order valence-electron chi connectivity index (χ0n) is 9.02. The molecule has 0 aliphatic carbocycles. The Bertz CT molecular complexity index is 570. The van der Waals surface area contributed by atoms with Crippen molar-refractivity contribution in [2.75, 3.05) is 0 Å². The quantitative estimate of drug-likeness (QED) is 0.899. The van der Waals surface area contributed by atoms with Gasteiger partial charge in [-0.1, -0.05) is 0 Å². The Morgan fingerprint density at radius 2 is 2.22 bits per heavy atom. The zero-order chi connectivity index (χ0) is 13.1. The molecule has 0 atom stereocenters. The molecule has 0 unspecified atom stereocenters. The van der Waals surface area contributed by atoms with Crippen molar-refractivity contribution >= 4 is 5.91 Å². The number of benzene rings is 1. The molecule has 0 saturated carbocycles. The van der Waals surface area contributed by atoms with Gasteiger partial charge in [0.05, 0.1) is 6.20 Å². The van der Waals surface area contributed by atoms with Crippen molar-refractivity contribution in [3.05, 3.63) is 47.7 Å². The number of oxazole rings is 1. The van der Waals surface area contributed by atoms with Gasteiger partial charge in [-0.3, -0.25) is 4.79 Å². The first-order valence-corrected chi connectivity index (χ1v) is 4.88. The van der Waals surface area contributed by atoms with Gasteiger partial charge in [0.2, 0.25) is 5.89 Å². The predicted octanol–water partition coefficient (Wildman–Crippen LogP) is 1.63. The molecule has 0 aliphatic heterocycles. The molecule has 1 heterocycles. The molecule has 0 saturated heterocycles. The van der Waals surface area contributed by atoms with Gasteiger partial charge in [-0.05, 0) is 12.1 Å². The third kappa shape index (κ3) is 2.29. The van der Waals surface area contributed by atoms with Gasteiger partial charge in [0.1, 0.15) is 17.6 Å². The number of carbonyl (C=O) groups excluding carboxylic acids is 1. The molecule has 0 bridgehead atoms. The Labute approximate surface area is 100 Å². The monoisotopic (exact) mass is 254 g/mol. The van der Waals surface area contributed by atoms with Gasteiger partial charge in [0.15, 0.2) is 18.2 Å². The van der Waals surface area contributed by atoms with Gasteiger partial charge in [-0.25, -0.2) is 13.8 Å². The van der Waals surface area contributed by atoms with Crippen LogP contribution < -0.4 is 10.5 Å². The number of ether oxygens (including phenoxy) is 1. The van der Waals surface area contributed by atoms with Gasteiger partial charge < -0.3 is 14.9 Å². The van der Waals surface area contributed by atoms with Crippen LogP contribution in [0.25, 0.3) is 0 Å². The van der Waals surface area contributed by atoms with Crippen LogP contribution >= 0.6 is 0 Å². The lowest BCUT2D eigenvalue weighted by Crippen LogP contribution is -2.16. The lowest BCUT2D eigenvalue weighted by atomic mass is 10.1. The fourth-order valence-corrected chi connectivity index (χ4v) is 1.33. The number of nitrogens with zero attached hydrogens (tertiary/aromatic N) is 1. The molecule has 0 aliphatic rings. The Balaban J connectivity index is 2.23. The molecule has 2 aromatic rings. The topological polar surface area (TPSA) is 78.4 Å². The molecule has 1 aromatic heterocycles. The lowest BCUT2D eigenvalue weighted by molar-refractivity contribution is 0.0991. The smallest absolute Gasteiger partial charge is 0.254 e. The van der Waals surface area contributed by atoms with Crippen molar-refractivity contribution in [1.82, 2.24) is 4.98 Å². The number of halogens is 2. The fraction of sp³-hybridized carbons (Fsp3) is 0.0909. The van der Waals surface area contributed by atoms with E-state index in [1.165, 1.54) is 12.5 Å². The van der Waals surface area contributed by atoms with Crippen molar-refractivity contribution in [3.63, 3.8) is 0 Å². The SMILES string of the molecule is NC(=O)c1c(F)ccc(OCc2ncco2)c1F. The van der Waals surface area contributed by atoms with Crippen molar-refractivity contribution in [2.24, 2.45) is 5.73 Å². The summed E-state index contributed by atoms with van der Waals surface area (Å²) >= 11 is 0. The molecule has 7 heteroatoms. The van der Waals surface area contributed by atoms with Crippen LogP contribution in [0, 0.1) is 11.6 Å². The average Bonchev–Trinajstić information content (AvgIpc) is 2.80. The maximum absolute atomic E-state index is 13.7. The second-order valence-electron chi connectivity index (χ2n) is 3.31. The number of aromatic nitrogens is 1. The Morgan fingerprint density at radius 3 is 2.83 bits per heavy atom. The molecule has 0 spiro atoms. The molecule has 0 fully saturated rings. The largest absolute Gasteiger partial charge is 0.481 e. The van der Waals surface area contributed by atoms with Crippen LogP contribution in [0.2, 0.25) is 0 Å². The van der Waals surface area contributed by atoms with Crippen molar-refractivity contribution in [1.29, 1.82) is 0 Å². The molecular weight excluding hydrogens is 246 g/mol. The molecule has 5 nitrogen and oxygen atoms in total. The highest BCUT2D eigenvalue weighted by atomic mass is 19.1. The van der Waals surface area contributed by atoms with E-state index in [-0.39, 0.29) is 18.2 Å². The first kappa shape index (κ1) is 12.0. The molecular formula is C11H8F2N2O3. The first-order valence-electron chi connectivity index (χ1n) is 4.88. The van der Waals surface area contributed by atoms with Crippen LogP contribution in [0.3, 0.4) is 0 Å². The molecule has 94 valence electrons. The third-order valence-electron chi connectivity index (χ3n) is 2.14. The molecule has 1 amide bonds. The van der Waals surface area contributed by atoms with Gasteiger partial charge in [-0.2, -0.15) is 0 Å². The molecule has 1 aromatic carbocycles. The van der Waals surface area contributed by atoms with E-state index in [0.717, 1.165) is 12.1 Å². The van der Waals surface area contributed by atoms with Gasteiger partial charge in [0, 0.05) is 0 Å². The summed E-state index contributed by atoms with van der Waals surface area (Å²) in [4.78, 5) is 14.6. The standard InChI is InChI=1S/C11H8F2N2O3/c12-6-1-2-7(10(13)9(6)11(14)16)18-5-8-15-3-4-17-8/h1-4H,5H2,(H2,14,16). The summed E-state index contributed by atoms with van der Waals surface area (Å²) in [7, 11) is 0. The number of nitrogens with two attached hydrogens (primary N) is 1. The highest BCUT2D eigenvalue weighted by Crippen LogP contribution is 2.23. The molecule has 2 N–H and O–H groups in total. The maximum atomic E-state index is 13.7. The summed E-state index contributed by atoms with van der Waals surface area (Å²) in [6, 6.07) is 1.95.